The molecule has 124 valence electrons. The van der Waals surface area contributed by atoms with Crippen LogP contribution in [0.5, 0.6) is 0 Å². The molecular weight excluding hydrogens is 316 g/mol. The van der Waals surface area contributed by atoms with Gasteiger partial charge in [-0.25, -0.2) is 18.0 Å². The normalized spacial score (nSPS) is 33.0. The molecule has 0 aromatic rings. The molecule has 0 aliphatic carbocycles. The monoisotopic (exact) mass is 334 g/mol. The van der Waals surface area contributed by atoms with E-state index >= 15 is 0 Å². The van der Waals surface area contributed by atoms with Gasteiger partial charge in [0.1, 0.15) is 11.7 Å². The topological polar surface area (TPSA) is 105 Å². The van der Waals surface area contributed by atoms with Crippen LogP contribution in [0.3, 0.4) is 0 Å². The predicted molar refractivity (Wildman–Crippen MR) is 73.4 cm³/mol. The van der Waals surface area contributed by atoms with Crippen LogP contribution in [0.15, 0.2) is 12.2 Å². The first-order valence-electron chi connectivity index (χ1n) is 6.72. The molecule has 9 heteroatoms. The van der Waals surface area contributed by atoms with Crippen LogP contribution in [0.4, 0.5) is 0 Å². The fourth-order valence-corrected chi connectivity index (χ4v) is 3.19. The van der Waals surface area contributed by atoms with Crippen molar-refractivity contribution >= 4 is 22.9 Å². The highest BCUT2D eigenvalue weighted by atomic mass is 32.2. The third-order valence-corrected chi connectivity index (χ3v) is 4.29. The lowest BCUT2D eigenvalue weighted by molar-refractivity contribution is -0.162. The van der Waals surface area contributed by atoms with E-state index in [0.717, 1.165) is 0 Å². The molecule has 0 spiro atoms. The number of rotatable bonds is 6. The van der Waals surface area contributed by atoms with Gasteiger partial charge < -0.3 is 14.2 Å². The van der Waals surface area contributed by atoms with Crippen molar-refractivity contribution in [2.24, 2.45) is 0 Å². The Morgan fingerprint density at radius 1 is 1.41 bits per heavy atom. The number of esters is 2. The highest BCUT2D eigenvalue weighted by molar-refractivity contribution is 7.67. The Kier molecular flexibility index (Phi) is 4.88. The first-order chi connectivity index (χ1) is 10.2. The van der Waals surface area contributed by atoms with Crippen LogP contribution in [0.2, 0.25) is 0 Å². The summed E-state index contributed by atoms with van der Waals surface area (Å²) in [5.41, 5.74) is -0.731. The summed E-state index contributed by atoms with van der Waals surface area (Å²) in [6.07, 6.45) is -0.733. The van der Waals surface area contributed by atoms with Crippen LogP contribution in [-0.2, 0) is 39.0 Å². The van der Waals surface area contributed by atoms with Crippen molar-refractivity contribution in [3.05, 3.63) is 12.2 Å². The van der Waals surface area contributed by atoms with Gasteiger partial charge in [0, 0.05) is 18.4 Å². The number of fused-ring (bicyclic) bond motifs is 2. The molecule has 22 heavy (non-hydrogen) atoms. The van der Waals surface area contributed by atoms with E-state index in [2.05, 4.69) is 6.58 Å². The highest BCUT2D eigenvalue weighted by Crippen LogP contribution is 2.45. The maximum Gasteiger partial charge on any atom is 0.344 e. The van der Waals surface area contributed by atoms with Crippen molar-refractivity contribution in [3.8, 4) is 0 Å². The van der Waals surface area contributed by atoms with E-state index in [1.807, 2.05) is 0 Å². The van der Waals surface area contributed by atoms with Gasteiger partial charge in [-0.15, -0.1) is 0 Å². The molecule has 0 amide bonds. The number of carbonyl (C=O) groups is 2. The van der Waals surface area contributed by atoms with Crippen LogP contribution in [0.1, 0.15) is 26.7 Å². The molecule has 2 bridgehead atoms. The largest absolute Gasteiger partial charge is 0.457 e. The Bertz CT molecular complexity index is 560. The zero-order chi connectivity index (χ0) is 16.5. The van der Waals surface area contributed by atoms with E-state index in [0.29, 0.717) is 12.8 Å². The molecule has 2 saturated heterocycles. The molecule has 4 unspecified atom stereocenters. The Hall–Kier alpha value is -1.45. The molecule has 0 aromatic carbocycles. The first-order valence-corrected chi connectivity index (χ1v) is 7.82. The van der Waals surface area contributed by atoms with Gasteiger partial charge >= 0.3 is 11.9 Å². The second-order valence-corrected chi connectivity index (χ2v) is 6.25. The van der Waals surface area contributed by atoms with Crippen molar-refractivity contribution in [2.75, 3.05) is 6.61 Å². The van der Waals surface area contributed by atoms with Gasteiger partial charge in [-0.2, -0.15) is 0 Å². The summed E-state index contributed by atoms with van der Waals surface area (Å²) in [7, 11) is -2.98. The predicted octanol–water partition coefficient (Wildman–Crippen LogP) is -0.120. The summed E-state index contributed by atoms with van der Waals surface area (Å²) in [6, 6.07) is 0. The van der Waals surface area contributed by atoms with E-state index in [1.54, 1.807) is 6.92 Å². The maximum atomic E-state index is 11.6. The van der Waals surface area contributed by atoms with Crippen LogP contribution in [-0.4, -0.2) is 50.9 Å². The number of hydrogen-bond acceptors (Lipinski definition) is 8. The zero-order valence-electron chi connectivity index (χ0n) is 12.3. The van der Waals surface area contributed by atoms with Crippen LogP contribution in [0.25, 0.3) is 0 Å². The number of hydrogen-bond donors (Lipinski definition) is 1. The summed E-state index contributed by atoms with van der Waals surface area (Å²) >= 11 is 0. The summed E-state index contributed by atoms with van der Waals surface area (Å²) in [4.78, 5) is 22.8. The smallest absolute Gasteiger partial charge is 0.344 e. The average molecular weight is 334 g/mol. The lowest BCUT2D eigenvalue weighted by Gasteiger charge is -2.31. The fraction of sp³-hybridized carbons (Fsp3) is 0.692. The minimum absolute atomic E-state index is 0.190. The molecule has 0 radical (unpaired) electrons. The molecule has 2 aliphatic rings. The van der Waals surface area contributed by atoms with Gasteiger partial charge in [-0.1, -0.05) is 6.58 Å². The Balaban J connectivity index is 1.82. The molecule has 2 fully saturated rings. The molecule has 0 aromatic heterocycles. The summed E-state index contributed by atoms with van der Waals surface area (Å²) in [5, 5.41) is 0. The lowest BCUT2D eigenvalue weighted by atomic mass is 9.85. The fourth-order valence-electron chi connectivity index (χ4n) is 2.66. The molecule has 0 saturated carbocycles. The highest BCUT2D eigenvalue weighted by Gasteiger charge is 2.57. The van der Waals surface area contributed by atoms with Gasteiger partial charge in [0.05, 0.1) is 12.2 Å². The van der Waals surface area contributed by atoms with E-state index in [-0.39, 0.29) is 5.57 Å². The van der Waals surface area contributed by atoms with Crippen molar-refractivity contribution in [3.63, 3.8) is 0 Å². The molecule has 2 heterocycles. The van der Waals surface area contributed by atoms with Gasteiger partial charge in [0.2, 0.25) is 0 Å². The maximum absolute atomic E-state index is 11.6. The van der Waals surface area contributed by atoms with Crippen LogP contribution in [0, 0.1) is 0 Å². The van der Waals surface area contributed by atoms with Crippen LogP contribution >= 0.6 is 0 Å². The minimum atomic E-state index is -2.98. The van der Waals surface area contributed by atoms with Crippen molar-refractivity contribution in [1.29, 1.82) is 0 Å². The Morgan fingerprint density at radius 3 is 2.59 bits per heavy atom. The number of carbonyl (C=O) groups excluding carboxylic acids is 2. The van der Waals surface area contributed by atoms with E-state index in [4.69, 9.17) is 18.4 Å². The van der Waals surface area contributed by atoms with Crippen molar-refractivity contribution in [1.82, 2.24) is 0 Å². The van der Waals surface area contributed by atoms with Gasteiger partial charge in [-0.05, 0) is 13.8 Å². The lowest BCUT2D eigenvalue weighted by Crippen LogP contribution is -2.44. The van der Waals surface area contributed by atoms with E-state index < -0.39 is 53.4 Å². The molecule has 2 aliphatic heterocycles. The SMILES string of the molecule is C=C(C)C(=O)OCC(=O)OC1CC2OC1CC2(C)O[SH](=O)=O. The number of ether oxygens (including phenoxy) is 3. The van der Waals surface area contributed by atoms with E-state index in [1.165, 1.54) is 6.92 Å². The summed E-state index contributed by atoms with van der Waals surface area (Å²) in [5.74, 6) is -1.35. The average Bonchev–Trinajstić information content (AvgIpc) is 2.91. The third kappa shape index (κ3) is 3.65. The van der Waals surface area contributed by atoms with Gasteiger partial charge in [0.25, 0.3) is 11.0 Å². The van der Waals surface area contributed by atoms with E-state index in [9.17, 15) is 18.0 Å². The number of thiol groups is 1. The Labute approximate surface area is 129 Å². The van der Waals surface area contributed by atoms with Crippen molar-refractivity contribution < 1.29 is 36.4 Å². The quantitative estimate of drug-likeness (QED) is 0.407. The van der Waals surface area contributed by atoms with Crippen molar-refractivity contribution in [2.45, 2.75) is 50.6 Å². The Morgan fingerprint density at radius 2 is 2.09 bits per heavy atom. The first kappa shape index (κ1) is 16.9. The molecule has 4 atom stereocenters. The minimum Gasteiger partial charge on any atom is -0.457 e. The van der Waals surface area contributed by atoms with Gasteiger partial charge in [0.15, 0.2) is 6.61 Å². The zero-order valence-corrected chi connectivity index (χ0v) is 13.2. The molecule has 8 nitrogen and oxygen atoms in total. The second-order valence-electron chi connectivity index (χ2n) is 5.62. The molecule has 2 rings (SSSR count). The van der Waals surface area contributed by atoms with Gasteiger partial charge in [-0.3, -0.25) is 4.18 Å². The second kappa shape index (κ2) is 6.35. The van der Waals surface area contributed by atoms with Crippen LogP contribution < -0.4 is 0 Å². The molecule has 0 N–H and O–H groups in total. The third-order valence-electron chi connectivity index (χ3n) is 3.72. The standard InChI is InChI=1S/C13H18O8S/c1-7(2)12(15)18-6-11(14)20-8-4-10-13(3,21-22(16)17)5-9(8)19-10/h8-10,22H,1,4-6H2,2-3H3. The summed E-state index contributed by atoms with van der Waals surface area (Å²) < 4.78 is 41.8. The molecular formula is C13H18O8S. The summed E-state index contributed by atoms with van der Waals surface area (Å²) in [6.45, 7) is 6.02.